The quantitative estimate of drug-likeness (QED) is 0.171. The first-order valence-electron chi connectivity index (χ1n) is 14.5. The number of halogens is 2. The molecular formula is C33H49F2N3Si2. The third-order valence-electron chi connectivity index (χ3n) is 9.26. The van der Waals surface area contributed by atoms with Crippen LogP contribution in [0.15, 0.2) is 48.7 Å². The Morgan fingerprint density at radius 2 is 1.18 bits per heavy atom. The van der Waals surface area contributed by atoms with Crippen molar-refractivity contribution in [1.82, 2.24) is 14.1 Å². The van der Waals surface area contributed by atoms with E-state index in [4.69, 9.17) is 4.98 Å². The van der Waals surface area contributed by atoms with Crippen LogP contribution in [0.25, 0.3) is 21.9 Å². The molecule has 0 bridgehead atoms. The van der Waals surface area contributed by atoms with E-state index in [1.54, 1.807) is 0 Å². The third-order valence-corrected chi connectivity index (χ3v) is 19.9. The lowest BCUT2D eigenvalue weighted by molar-refractivity contribution is 0.502. The van der Waals surface area contributed by atoms with Crippen LogP contribution in [0.5, 0.6) is 0 Å². The fraction of sp³-hybridized carbons (Fsp3) is 0.545. The van der Waals surface area contributed by atoms with Gasteiger partial charge >= 0.3 is 16.8 Å². The summed E-state index contributed by atoms with van der Waals surface area (Å²) in [6, 6.07) is 14.4. The molecule has 1 aromatic carbocycles. The van der Waals surface area contributed by atoms with Gasteiger partial charge in [0, 0.05) is 41.8 Å². The second-order valence-corrected chi connectivity index (χ2v) is 25.1. The van der Waals surface area contributed by atoms with E-state index in [-0.39, 0.29) is 0 Å². The molecule has 0 saturated heterocycles. The fourth-order valence-electron chi connectivity index (χ4n) is 7.58. The van der Waals surface area contributed by atoms with Crippen LogP contribution in [-0.2, 0) is 20.5 Å². The van der Waals surface area contributed by atoms with Crippen molar-refractivity contribution in [1.29, 1.82) is 0 Å². The average Bonchev–Trinajstić information content (AvgIpc) is 3.32. The van der Waals surface area contributed by atoms with Crippen LogP contribution < -0.4 is 10.6 Å². The summed E-state index contributed by atoms with van der Waals surface area (Å²) in [6.45, 7) is 22.5. The number of para-hydroxylation sites is 1. The van der Waals surface area contributed by atoms with Gasteiger partial charge in [0.15, 0.2) is 0 Å². The molecule has 0 amide bonds. The van der Waals surface area contributed by atoms with Crippen LogP contribution in [0.2, 0.25) is 20.2 Å². The maximum absolute atomic E-state index is 18.0. The minimum atomic E-state index is -3.64. The lowest BCUT2D eigenvalue weighted by Gasteiger charge is -2.46. The van der Waals surface area contributed by atoms with Gasteiger partial charge in [0.25, 0.3) is 0 Å². The van der Waals surface area contributed by atoms with Crippen molar-refractivity contribution in [3.05, 3.63) is 54.2 Å². The zero-order chi connectivity index (χ0) is 30.3. The zero-order valence-electron chi connectivity index (χ0n) is 26.9. The van der Waals surface area contributed by atoms with Crippen molar-refractivity contribution in [3.63, 3.8) is 0 Å². The van der Waals surface area contributed by atoms with Crippen molar-refractivity contribution >= 4 is 49.4 Å². The van der Waals surface area contributed by atoms with Gasteiger partial charge in [-0.15, -0.1) is 0 Å². The van der Waals surface area contributed by atoms with Crippen molar-refractivity contribution in [2.75, 3.05) is 0 Å². The maximum atomic E-state index is 18.0. The zero-order valence-corrected chi connectivity index (χ0v) is 28.9. The number of aromatic nitrogens is 3. The Morgan fingerprint density at radius 3 is 1.70 bits per heavy atom. The Hall–Kier alpha value is -2.26. The highest BCUT2D eigenvalue weighted by molar-refractivity contribution is 6.91. The molecule has 0 radical (unpaired) electrons. The van der Waals surface area contributed by atoms with Crippen LogP contribution in [0, 0.1) is 0 Å². The van der Waals surface area contributed by atoms with E-state index in [1.165, 1.54) is 0 Å². The van der Waals surface area contributed by atoms with E-state index in [0.717, 1.165) is 38.1 Å². The van der Waals surface area contributed by atoms with E-state index >= 15 is 8.22 Å². The normalized spacial score (nSPS) is 15.7. The van der Waals surface area contributed by atoms with Gasteiger partial charge in [-0.25, -0.2) is 4.98 Å². The Kier molecular flexibility index (Phi) is 7.20. The van der Waals surface area contributed by atoms with Crippen molar-refractivity contribution in [2.24, 2.45) is 14.1 Å². The van der Waals surface area contributed by atoms with E-state index in [0.29, 0.717) is 6.42 Å². The molecule has 4 aromatic rings. The molecule has 3 heterocycles. The second-order valence-electron chi connectivity index (χ2n) is 15.6. The lowest BCUT2D eigenvalue weighted by Crippen LogP contribution is -2.61. The highest BCUT2D eigenvalue weighted by atomic mass is 28.4. The fourth-order valence-corrected chi connectivity index (χ4v) is 17.2. The summed E-state index contributed by atoms with van der Waals surface area (Å²) >= 11 is 0. The molecule has 0 saturated carbocycles. The molecule has 0 aliphatic carbocycles. The van der Waals surface area contributed by atoms with Gasteiger partial charge in [-0.1, -0.05) is 94.4 Å². The molecule has 0 spiro atoms. The van der Waals surface area contributed by atoms with Gasteiger partial charge < -0.3 is 17.3 Å². The summed E-state index contributed by atoms with van der Waals surface area (Å²) < 4.78 is 39.3. The molecule has 0 aliphatic heterocycles. The number of hydrogen-bond donors (Lipinski definition) is 0. The lowest BCUT2D eigenvalue weighted by atomic mass is 10.0. The molecule has 218 valence electrons. The molecular weight excluding hydrogens is 533 g/mol. The summed E-state index contributed by atoms with van der Waals surface area (Å²) in [6.07, 6.45) is 2.43. The number of fused-ring (bicyclic) bond motifs is 2. The van der Waals surface area contributed by atoms with Crippen LogP contribution in [0.3, 0.4) is 0 Å². The number of benzene rings is 1. The summed E-state index contributed by atoms with van der Waals surface area (Å²) in [5.41, 5.74) is 2.83. The van der Waals surface area contributed by atoms with E-state index in [2.05, 4.69) is 42.7 Å². The average molecular weight is 582 g/mol. The first-order valence-corrected chi connectivity index (χ1v) is 18.2. The minimum Gasteiger partial charge on any atom is -0.349 e. The highest BCUT2D eigenvalue weighted by Crippen LogP contribution is 2.54. The third kappa shape index (κ3) is 4.43. The molecule has 1 unspecified atom stereocenters. The van der Waals surface area contributed by atoms with Crippen molar-refractivity contribution in [2.45, 2.75) is 103 Å². The van der Waals surface area contributed by atoms with Crippen LogP contribution >= 0.6 is 0 Å². The largest absolute Gasteiger partial charge is 0.349 e. The Bertz CT molecular complexity index is 1550. The summed E-state index contributed by atoms with van der Waals surface area (Å²) in [5.74, 6) is 0. The summed E-state index contributed by atoms with van der Waals surface area (Å²) in [7, 11) is -3.18. The second kappa shape index (κ2) is 9.38. The van der Waals surface area contributed by atoms with Gasteiger partial charge in [-0.2, -0.15) is 0 Å². The van der Waals surface area contributed by atoms with Crippen LogP contribution in [0.4, 0.5) is 8.22 Å². The molecule has 0 fully saturated rings. The standard InChI is InChI=1S/C33H49F2N3Si2/c1-30(2,3)39(34,31(4,5)6)28-20-25-18-23(22-36-29(25)38(28)13)21-33(10,11)40(35,32(7,8)9)27-19-24-16-14-15-17-26(24)37(27)12/h14-20,22H,21H2,1-13H3. The number of rotatable bonds is 5. The molecule has 0 N–H and O–H groups in total. The highest BCUT2D eigenvalue weighted by Gasteiger charge is 2.60. The Morgan fingerprint density at radius 1 is 0.675 bits per heavy atom. The number of nitrogens with zero attached hydrogens (tertiary/aromatic N) is 3. The van der Waals surface area contributed by atoms with Gasteiger partial charge in [0.1, 0.15) is 5.65 Å². The minimum absolute atomic E-state index is 0.483. The van der Waals surface area contributed by atoms with Crippen molar-refractivity contribution in [3.8, 4) is 0 Å². The smallest absolute Gasteiger partial charge is 0.304 e. The van der Waals surface area contributed by atoms with Crippen LogP contribution in [-0.4, -0.2) is 30.9 Å². The van der Waals surface area contributed by atoms with E-state index < -0.39 is 37.0 Å². The summed E-state index contributed by atoms with van der Waals surface area (Å²) in [5, 5.41) is 1.47. The molecule has 0 aliphatic rings. The number of pyridine rings is 1. The Balaban J connectivity index is 1.83. The Labute approximate surface area is 242 Å². The predicted octanol–water partition coefficient (Wildman–Crippen LogP) is 8.73. The molecule has 4 rings (SSSR count). The van der Waals surface area contributed by atoms with Gasteiger partial charge in [0.2, 0.25) is 0 Å². The molecule has 40 heavy (non-hydrogen) atoms. The molecule has 3 aromatic heterocycles. The van der Waals surface area contributed by atoms with Gasteiger partial charge in [-0.05, 0) is 61.8 Å². The molecule has 3 nitrogen and oxygen atoms in total. The van der Waals surface area contributed by atoms with Gasteiger partial charge in [-0.3, -0.25) is 0 Å². The monoisotopic (exact) mass is 581 g/mol. The maximum Gasteiger partial charge on any atom is 0.304 e. The van der Waals surface area contributed by atoms with Crippen LogP contribution in [0.1, 0.15) is 81.7 Å². The predicted molar refractivity (Wildman–Crippen MR) is 174 cm³/mol. The first kappa shape index (κ1) is 30.7. The van der Waals surface area contributed by atoms with Gasteiger partial charge in [0.05, 0.1) is 0 Å². The summed E-state index contributed by atoms with van der Waals surface area (Å²) in [4.78, 5) is 4.84. The topological polar surface area (TPSA) is 22.8 Å². The number of hydrogen-bond acceptors (Lipinski definition) is 1. The number of aryl methyl sites for hydroxylation is 2. The van der Waals surface area contributed by atoms with E-state index in [1.807, 2.05) is 105 Å². The van der Waals surface area contributed by atoms with E-state index in [9.17, 15) is 0 Å². The van der Waals surface area contributed by atoms with Crippen molar-refractivity contribution < 1.29 is 8.22 Å². The molecule has 1 atom stereocenters. The SMILES string of the molecule is Cn1c([Si](F)(C(C)(C)C)C(C)(C)Cc2cnc3c(c2)cc([Si](F)(C(C)(C)C)C(C)(C)C)n3C)cc2ccccc21. The molecule has 7 heteroatoms. The first-order chi connectivity index (χ1) is 18.1.